The first kappa shape index (κ1) is 9.11. The molecule has 0 aliphatic carbocycles. The second-order valence-corrected chi connectivity index (χ2v) is 5.66. The fraction of sp³-hybridized carbons (Fsp3) is 0.889. The number of hydrogen-bond donors (Lipinski definition) is 0. The average Bonchev–Trinajstić information content (AvgIpc) is 1.90. The van der Waals surface area contributed by atoms with Crippen molar-refractivity contribution in [3.63, 3.8) is 0 Å². The Balaban J connectivity index is 2.67. The van der Waals surface area contributed by atoms with E-state index in [9.17, 15) is 0 Å². The summed E-state index contributed by atoms with van der Waals surface area (Å²) in [7, 11) is 0. The van der Waals surface area contributed by atoms with Gasteiger partial charge in [0.15, 0.2) is 0 Å². The topological polar surface area (TPSA) is 12.4 Å². The lowest BCUT2D eigenvalue weighted by Gasteiger charge is -2.21. The second-order valence-electron chi connectivity index (χ2n) is 4.19. The average molecular weight is 171 g/mol. The molecule has 64 valence electrons. The lowest BCUT2D eigenvalue weighted by molar-refractivity contribution is 0.485. The van der Waals surface area contributed by atoms with Gasteiger partial charge in [0.1, 0.15) is 0 Å². The maximum atomic E-state index is 4.46. The predicted octanol–water partition coefficient (Wildman–Crippen LogP) is 3.30. The molecule has 0 N–H and O–H groups in total. The van der Waals surface area contributed by atoms with Gasteiger partial charge in [-0.2, -0.15) is 0 Å². The molecule has 0 bridgehead atoms. The molecule has 0 aromatic heterocycles. The molecule has 1 heterocycles. The van der Waals surface area contributed by atoms with E-state index in [4.69, 9.17) is 0 Å². The van der Waals surface area contributed by atoms with Gasteiger partial charge >= 0.3 is 0 Å². The van der Waals surface area contributed by atoms with Gasteiger partial charge < -0.3 is 0 Å². The van der Waals surface area contributed by atoms with E-state index in [1.54, 1.807) is 11.9 Å². The van der Waals surface area contributed by atoms with Crippen molar-refractivity contribution < 1.29 is 0 Å². The van der Waals surface area contributed by atoms with Crippen LogP contribution in [-0.2, 0) is 0 Å². The van der Waals surface area contributed by atoms with E-state index >= 15 is 0 Å². The SMILES string of the molecule is CC1=NSC(C)(C)CC(C)C1. The maximum absolute atomic E-state index is 4.46. The maximum Gasteiger partial charge on any atom is 0.0325 e. The summed E-state index contributed by atoms with van der Waals surface area (Å²) in [6, 6.07) is 0. The standard InChI is InChI=1S/C9H17NS/c1-7-5-8(2)10-11-9(3,4)6-7/h7H,5-6H2,1-4H3. The van der Waals surface area contributed by atoms with Crippen LogP contribution in [0.3, 0.4) is 0 Å². The minimum atomic E-state index is 0.344. The van der Waals surface area contributed by atoms with Crippen LogP contribution in [0.25, 0.3) is 0 Å². The van der Waals surface area contributed by atoms with Gasteiger partial charge in [-0.25, -0.2) is 4.40 Å². The number of rotatable bonds is 0. The minimum Gasteiger partial charge on any atom is -0.225 e. The van der Waals surface area contributed by atoms with Crippen LogP contribution in [0.15, 0.2) is 4.40 Å². The van der Waals surface area contributed by atoms with Gasteiger partial charge in [-0.3, -0.25) is 0 Å². The van der Waals surface area contributed by atoms with Crippen LogP contribution < -0.4 is 0 Å². The molecular formula is C9H17NS. The van der Waals surface area contributed by atoms with Gasteiger partial charge in [0.05, 0.1) is 0 Å². The molecular weight excluding hydrogens is 154 g/mol. The van der Waals surface area contributed by atoms with Crippen molar-refractivity contribution in [2.75, 3.05) is 0 Å². The highest BCUT2D eigenvalue weighted by molar-refractivity contribution is 7.99. The van der Waals surface area contributed by atoms with Crippen molar-refractivity contribution >= 4 is 17.7 Å². The Hall–Kier alpha value is 0.0200. The fourth-order valence-electron chi connectivity index (χ4n) is 1.69. The molecule has 1 unspecified atom stereocenters. The van der Waals surface area contributed by atoms with E-state index in [1.165, 1.54) is 18.6 Å². The molecule has 0 aromatic carbocycles. The second kappa shape index (κ2) is 3.18. The van der Waals surface area contributed by atoms with E-state index in [0.717, 1.165) is 5.92 Å². The molecule has 11 heavy (non-hydrogen) atoms. The van der Waals surface area contributed by atoms with Gasteiger partial charge in [0.2, 0.25) is 0 Å². The van der Waals surface area contributed by atoms with Crippen molar-refractivity contribution in [2.45, 2.75) is 45.3 Å². The van der Waals surface area contributed by atoms with Crippen LogP contribution in [0.5, 0.6) is 0 Å². The zero-order valence-corrected chi connectivity index (χ0v) is 8.66. The van der Waals surface area contributed by atoms with Crippen LogP contribution in [0.4, 0.5) is 0 Å². The molecule has 1 aliphatic heterocycles. The predicted molar refractivity (Wildman–Crippen MR) is 53.2 cm³/mol. The summed E-state index contributed by atoms with van der Waals surface area (Å²) in [5, 5.41) is 0. The van der Waals surface area contributed by atoms with E-state index in [0.29, 0.717) is 4.75 Å². The van der Waals surface area contributed by atoms with E-state index in [1.807, 2.05) is 0 Å². The quantitative estimate of drug-likeness (QED) is 0.509. The summed E-state index contributed by atoms with van der Waals surface area (Å²) in [6.45, 7) is 8.99. The number of nitrogens with zero attached hydrogens (tertiary/aromatic N) is 1. The van der Waals surface area contributed by atoms with Crippen molar-refractivity contribution in [1.82, 2.24) is 0 Å². The molecule has 1 nitrogen and oxygen atoms in total. The van der Waals surface area contributed by atoms with Crippen LogP contribution in [0.1, 0.15) is 40.5 Å². The molecule has 0 fully saturated rings. The van der Waals surface area contributed by atoms with Gasteiger partial charge in [-0.05, 0) is 51.5 Å². The normalized spacial score (nSPS) is 30.9. The summed E-state index contributed by atoms with van der Waals surface area (Å²) < 4.78 is 4.80. The number of hydrogen-bond acceptors (Lipinski definition) is 2. The van der Waals surface area contributed by atoms with Gasteiger partial charge in [-0.15, -0.1) is 0 Å². The molecule has 0 aromatic rings. The first-order valence-electron chi connectivity index (χ1n) is 4.21. The third-order valence-electron chi connectivity index (χ3n) is 1.93. The molecule has 1 rings (SSSR count). The van der Waals surface area contributed by atoms with Crippen molar-refractivity contribution in [3.8, 4) is 0 Å². The minimum absolute atomic E-state index is 0.344. The third-order valence-corrected chi connectivity index (χ3v) is 3.00. The summed E-state index contributed by atoms with van der Waals surface area (Å²) in [4.78, 5) is 0. The lowest BCUT2D eigenvalue weighted by Crippen LogP contribution is -2.16. The Kier molecular flexibility index (Phi) is 2.63. The monoisotopic (exact) mass is 171 g/mol. The van der Waals surface area contributed by atoms with Crippen LogP contribution in [0, 0.1) is 5.92 Å². The van der Waals surface area contributed by atoms with Crippen LogP contribution >= 0.6 is 11.9 Å². The van der Waals surface area contributed by atoms with Crippen molar-refractivity contribution in [2.24, 2.45) is 10.3 Å². The largest absolute Gasteiger partial charge is 0.225 e. The van der Waals surface area contributed by atoms with Crippen molar-refractivity contribution in [1.29, 1.82) is 0 Å². The van der Waals surface area contributed by atoms with Gasteiger partial charge in [0.25, 0.3) is 0 Å². The first-order chi connectivity index (χ1) is 4.99. The fourth-order valence-corrected chi connectivity index (χ4v) is 2.53. The van der Waals surface area contributed by atoms with Crippen LogP contribution in [0.2, 0.25) is 0 Å². The summed E-state index contributed by atoms with van der Waals surface area (Å²) >= 11 is 1.74. The Morgan fingerprint density at radius 1 is 1.55 bits per heavy atom. The molecule has 1 atom stereocenters. The Morgan fingerprint density at radius 3 is 2.82 bits per heavy atom. The van der Waals surface area contributed by atoms with E-state index in [-0.39, 0.29) is 0 Å². The molecule has 0 amide bonds. The van der Waals surface area contributed by atoms with Crippen LogP contribution in [-0.4, -0.2) is 10.5 Å². The Labute approximate surface area is 73.8 Å². The van der Waals surface area contributed by atoms with Crippen molar-refractivity contribution in [3.05, 3.63) is 0 Å². The molecule has 0 saturated heterocycles. The smallest absolute Gasteiger partial charge is 0.0325 e. The van der Waals surface area contributed by atoms with E-state index in [2.05, 4.69) is 32.1 Å². The molecule has 0 spiro atoms. The molecule has 0 radical (unpaired) electrons. The Morgan fingerprint density at radius 2 is 2.18 bits per heavy atom. The summed E-state index contributed by atoms with van der Waals surface area (Å²) in [5.41, 5.74) is 1.30. The van der Waals surface area contributed by atoms with Gasteiger partial charge in [-0.1, -0.05) is 6.92 Å². The molecule has 1 aliphatic rings. The molecule has 2 heteroatoms. The third kappa shape index (κ3) is 2.86. The summed E-state index contributed by atoms with van der Waals surface area (Å²) in [5.74, 6) is 0.795. The first-order valence-corrected chi connectivity index (χ1v) is 4.98. The Bertz CT molecular complexity index is 172. The van der Waals surface area contributed by atoms with Gasteiger partial charge in [0, 0.05) is 10.5 Å². The zero-order valence-electron chi connectivity index (χ0n) is 7.85. The highest BCUT2D eigenvalue weighted by Gasteiger charge is 2.24. The highest BCUT2D eigenvalue weighted by atomic mass is 32.2. The van der Waals surface area contributed by atoms with E-state index < -0.39 is 0 Å². The lowest BCUT2D eigenvalue weighted by atomic mass is 9.94. The zero-order chi connectivity index (χ0) is 8.48. The molecule has 0 saturated carbocycles. The summed E-state index contributed by atoms with van der Waals surface area (Å²) in [6.07, 6.45) is 2.45. The highest BCUT2D eigenvalue weighted by Crippen LogP contribution is 2.36.